The Hall–Kier alpha value is -2.84. The topological polar surface area (TPSA) is 81.1 Å². The molecular formula is C20H24ClN6O2+. The standard InChI is InChI=1S/C20H24ClN6O2/c1-4-26(14-15-10-12-22-13-11-15)18-23-17(21)24-19(25-18)27(2,3)20(28)29-16-8-6-5-7-9-16/h6,8-13H,4-5,7,14H2,1-3H3/q+1. The molecule has 0 spiro atoms. The number of hydrogen-bond acceptors (Lipinski definition) is 7. The molecule has 0 saturated heterocycles. The number of halogens is 1. The van der Waals surface area contributed by atoms with Gasteiger partial charge in [-0.3, -0.25) is 4.98 Å². The Morgan fingerprint density at radius 2 is 1.97 bits per heavy atom. The molecule has 2 heterocycles. The number of carbonyl (C=O) groups is 1. The maximum Gasteiger partial charge on any atom is 0.528 e. The minimum atomic E-state index is -0.506. The zero-order valence-electron chi connectivity index (χ0n) is 16.7. The molecule has 3 rings (SSSR count). The molecule has 29 heavy (non-hydrogen) atoms. The SMILES string of the molecule is CCN(Cc1ccncc1)c1nc(Cl)nc([N+](C)(C)C(=O)OC2=CCCC=C2)n1. The minimum Gasteiger partial charge on any atom is -0.381 e. The molecule has 0 bridgehead atoms. The van der Waals surface area contributed by atoms with Gasteiger partial charge in [-0.25, -0.2) is 0 Å². The number of amides is 1. The number of rotatable bonds is 6. The first-order chi connectivity index (χ1) is 13.9. The monoisotopic (exact) mass is 415 g/mol. The zero-order chi connectivity index (χ0) is 20.9. The number of aromatic nitrogens is 4. The molecule has 8 nitrogen and oxygen atoms in total. The number of carbonyl (C=O) groups excluding carboxylic acids is 1. The van der Waals surface area contributed by atoms with E-state index >= 15 is 0 Å². The molecule has 0 fully saturated rings. The highest BCUT2D eigenvalue weighted by Crippen LogP contribution is 2.23. The summed E-state index contributed by atoms with van der Waals surface area (Å²) in [7, 11) is 3.31. The second kappa shape index (κ2) is 9.11. The van der Waals surface area contributed by atoms with E-state index in [-0.39, 0.29) is 15.7 Å². The van der Waals surface area contributed by atoms with Crippen LogP contribution in [0.1, 0.15) is 25.3 Å². The molecule has 9 heteroatoms. The molecule has 0 saturated carbocycles. The van der Waals surface area contributed by atoms with Crippen LogP contribution in [0.5, 0.6) is 0 Å². The summed E-state index contributed by atoms with van der Waals surface area (Å²) in [5.74, 6) is 1.13. The molecule has 152 valence electrons. The minimum absolute atomic E-state index is 0.0222. The summed E-state index contributed by atoms with van der Waals surface area (Å²) < 4.78 is 5.19. The second-order valence-electron chi connectivity index (χ2n) is 6.98. The maximum atomic E-state index is 12.8. The molecule has 0 unspecified atom stereocenters. The van der Waals surface area contributed by atoms with Gasteiger partial charge in [0.05, 0.1) is 14.1 Å². The van der Waals surface area contributed by atoms with Crippen molar-refractivity contribution in [2.45, 2.75) is 26.3 Å². The molecule has 1 aliphatic carbocycles. The summed E-state index contributed by atoms with van der Waals surface area (Å²) in [6.45, 7) is 3.22. The fraction of sp³-hybridized carbons (Fsp3) is 0.350. The van der Waals surface area contributed by atoms with E-state index in [1.165, 1.54) is 0 Å². The molecule has 1 amide bonds. The van der Waals surface area contributed by atoms with E-state index in [1.807, 2.05) is 36.1 Å². The van der Waals surface area contributed by atoms with Gasteiger partial charge in [0.1, 0.15) is 5.76 Å². The van der Waals surface area contributed by atoms with Crippen LogP contribution in [0, 0.1) is 0 Å². The van der Waals surface area contributed by atoms with Crippen LogP contribution in [0.25, 0.3) is 0 Å². The van der Waals surface area contributed by atoms with Gasteiger partial charge in [0.15, 0.2) is 0 Å². The van der Waals surface area contributed by atoms with Crippen molar-refractivity contribution in [1.29, 1.82) is 0 Å². The van der Waals surface area contributed by atoms with Gasteiger partial charge < -0.3 is 9.64 Å². The lowest BCUT2D eigenvalue weighted by molar-refractivity contribution is 0.147. The summed E-state index contributed by atoms with van der Waals surface area (Å²) >= 11 is 6.17. The van der Waals surface area contributed by atoms with Gasteiger partial charge in [-0.15, -0.1) is 9.97 Å². The Balaban J connectivity index is 1.85. The van der Waals surface area contributed by atoms with Crippen molar-refractivity contribution in [2.24, 2.45) is 0 Å². The van der Waals surface area contributed by atoms with Crippen LogP contribution in [-0.4, -0.2) is 46.7 Å². The highest BCUT2D eigenvalue weighted by Gasteiger charge is 2.37. The van der Waals surface area contributed by atoms with Gasteiger partial charge in [0, 0.05) is 25.5 Å². The van der Waals surface area contributed by atoms with Crippen molar-refractivity contribution in [3.05, 3.63) is 59.4 Å². The van der Waals surface area contributed by atoms with Crippen molar-refractivity contribution in [2.75, 3.05) is 25.5 Å². The van der Waals surface area contributed by atoms with Crippen LogP contribution < -0.4 is 9.38 Å². The maximum absolute atomic E-state index is 12.8. The molecule has 0 N–H and O–H groups in total. The lowest BCUT2D eigenvalue weighted by Gasteiger charge is -2.25. The van der Waals surface area contributed by atoms with E-state index in [0.717, 1.165) is 18.4 Å². The Bertz CT molecular complexity index is 930. The molecule has 0 atom stereocenters. The number of pyridine rings is 1. The highest BCUT2D eigenvalue weighted by molar-refractivity contribution is 6.28. The third-order valence-electron chi connectivity index (χ3n) is 4.49. The number of ether oxygens (including phenoxy) is 1. The molecule has 2 aromatic rings. The molecule has 0 aromatic carbocycles. The van der Waals surface area contributed by atoms with Crippen LogP contribution >= 0.6 is 11.6 Å². The summed E-state index contributed by atoms with van der Waals surface area (Å²) in [6.07, 6.45) is 10.4. The Morgan fingerprint density at radius 3 is 2.62 bits per heavy atom. The number of nitrogens with zero attached hydrogens (tertiary/aromatic N) is 6. The van der Waals surface area contributed by atoms with Gasteiger partial charge in [0.25, 0.3) is 0 Å². The lowest BCUT2D eigenvalue weighted by atomic mass is 10.2. The van der Waals surface area contributed by atoms with E-state index < -0.39 is 6.09 Å². The van der Waals surface area contributed by atoms with Gasteiger partial charge in [0.2, 0.25) is 11.2 Å². The third-order valence-corrected chi connectivity index (χ3v) is 4.66. The van der Waals surface area contributed by atoms with E-state index in [2.05, 4.69) is 19.9 Å². The van der Waals surface area contributed by atoms with E-state index in [4.69, 9.17) is 16.3 Å². The first-order valence-corrected chi connectivity index (χ1v) is 9.77. The fourth-order valence-corrected chi connectivity index (χ4v) is 2.87. The summed E-state index contributed by atoms with van der Waals surface area (Å²) in [4.78, 5) is 31.7. The highest BCUT2D eigenvalue weighted by atomic mass is 35.5. The fourth-order valence-electron chi connectivity index (χ4n) is 2.72. The number of allylic oxidation sites excluding steroid dienone is 3. The van der Waals surface area contributed by atoms with Crippen LogP contribution in [-0.2, 0) is 11.3 Å². The van der Waals surface area contributed by atoms with E-state index in [9.17, 15) is 4.79 Å². The van der Waals surface area contributed by atoms with Gasteiger partial charge >= 0.3 is 12.0 Å². The molecular weight excluding hydrogens is 392 g/mol. The molecule has 0 radical (unpaired) electrons. The largest absolute Gasteiger partial charge is 0.528 e. The predicted molar refractivity (Wildman–Crippen MR) is 112 cm³/mol. The smallest absolute Gasteiger partial charge is 0.381 e. The zero-order valence-corrected chi connectivity index (χ0v) is 17.5. The summed E-state index contributed by atoms with van der Waals surface area (Å²) in [5.41, 5.74) is 1.06. The van der Waals surface area contributed by atoms with Crippen molar-refractivity contribution < 1.29 is 9.53 Å². The van der Waals surface area contributed by atoms with E-state index in [0.29, 0.717) is 24.8 Å². The first-order valence-electron chi connectivity index (χ1n) is 9.39. The molecule has 1 aliphatic rings. The summed E-state index contributed by atoms with van der Waals surface area (Å²) in [6, 6.07) is 3.85. The Kier molecular flexibility index (Phi) is 6.56. The average molecular weight is 416 g/mol. The normalized spacial score (nSPS) is 13.7. The van der Waals surface area contributed by atoms with Gasteiger partial charge in [-0.1, -0.05) is 6.08 Å². The van der Waals surface area contributed by atoms with Crippen LogP contribution in [0.4, 0.5) is 16.7 Å². The van der Waals surface area contributed by atoms with E-state index in [1.54, 1.807) is 32.6 Å². The predicted octanol–water partition coefficient (Wildman–Crippen LogP) is 3.88. The lowest BCUT2D eigenvalue weighted by Crippen LogP contribution is -2.48. The van der Waals surface area contributed by atoms with Gasteiger partial charge in [-0.2, -0.15) is 14.3 Å². The van der Waals surface area contributed by atoms with Crippen molar-refractivity contribution in [1.82, 2.24) is 24.4 Å². The van der Waals surface area contributed by atoms with Crippen molar-refractivity contribution >= 4 is 29.6 Å². The molecule has 2 aromatic heterocycles. The van der Waals surface area contributed by atoms with Gasteiger partial charge in [-0.05, 0) is 61.2 Å². The van der Waals surface area contributed by atoms with Crippen molar-refractivity contribution in [3.8, 4) is 0 Å². The third kappa shape index (κ3) is 5.16. The Morgan fingerprint density at radius 1 is 1.21 bits per heavy atom. The van der Waals surface area contributed by atoms with Crippen LogP contribution in [0.2, 0.25) is 5.28 Å². The van der Waals surface area contributed by atoms with Crippen molar-refractivity contribution in [3.63, 3.8) is 0 Å². The second-order valence-corrected chi connectivity index (χ2v) is 7.32. The molecule has 0 aliphatic heterocycles. The Labute approximate surface area is 175 Å². The number of hydrogen-bond donors (Lipinski definition) is 0. The number of quaternary nitrogens is 1. The number of anilines is 1. The van der Waals surface area contributed by atoms with Crippen LogP contribution in [0.15, 0.2) is 48.5 Å². The quantitative estimate of drug-likeness (QED) is 0.662. The van der Waals surface area contributed by atoms with Crippen LogP contribution in [0.3, 0.4) is 0 Å². The first kappa shape index (κ1) is 20.9. The average Bonchev–Trinajstić information content (AvgIpc) is 2.73. The summed E-state index contributed by atoms with van der Waals surface area (Å²) in [5, 5.41) is 0.0222.